The van der Waals surface area contributed by atoms with Crippen LogP contribution in [0.15, 0.2) is 24.3 Å². The summed E-state index contributed by atoms with van der Waals surface area (Å²) in [5.41, 5.74) is 1.24. The van der Waals surface area contributed by atoms with Crippen molar-refractivity contribution in [3.8, 4) is 0 Å². The average Bonchev–Trinajstić information content (AvgIpc) is 2.71. The molecule has 3 rings (SSSR count). The maximum absolute atomic E-state index is 12.2. The van der Waals surface area contributed by atoms with Crippen LogP contribution < -0.4 is 0 Å². The van der Waals surface area contributed by atoms with E-state index in [-0.39, 0.29) is 10.5 Å². The topological polar surface area (TPSA) is 54.4 Å². The molecule has 0 saturated carbocycles. The van der Waals surface area contributed by atoms with Gasteiger partial charge in [0.15, 0.2) is 9.84 Å². The largest absolute Gasteiger partial charge is 0.385 e. The highest BCUT2D eigenvalue weighted by Gasteiger charge is 2.53. The summed E-state index contributed by atoms with van der Waals surface area (Å²) in [4.78, 5) is 0. The van der Waals surface area contributed by atoms with Gasteiger partial charge in [0.25, 0.3) is 0 Å². The molecular weight excluding hydrogens is 308 g/mol. The Labute approximate surface area is 140 Å². The quantitative estimate of drug-likeness (QED) is 0.805. The lowest BCUT2D eigenvalue weighted by atomic mass is 9.85. The van der Waals surface area contributed by atoms with Crippen molar-refractivity contribution in [2.75, 3.05) is 0 Å². The van der Waals surface area contributed by atoms with Crippen LogP contribution in [0.1, 0.15) is 69.4 Å². The number of rotatable bonds is 6. The van der Waals surface area contributed by atoms with Crippen LogP contribution in [0, 0.1) is 0 Å². The molecule has 2 aliphatic heterocycles. The number of benzene rings is 1. The Morgan fingerprint density at radius 3 is 2.22 bits per heavy atom. The zero-order chi connectivity index (χ0) is 16.5. The third-order valence-electron chi connectivity index (χ3n) is 5.68. The smallest absolute Gasteiger partial charge is 0.156 e. The van der Waals surface area contributed by atoms with Gasteiger partial charge in [0.2, 0.25) is 0 Å². The summed E-state index contributed by atoms with van der Waals surface area (Å²) in [6.45, 7) is 2.22. The summed E-state index contributed by atoms with van der Waals surface area (Å²) in [6.07, 6.45) is 8.24. The molecule has 0 aliphatic carbocycles. The van der Waals surface area contributed by atoms with Gasteiger partial charge in [-0.15, -0.1) is 0 Å². The molecule has 1 N–H and O–H groups in total. The Morgan fingerprint density at radius 2 is 1.65 bits per heavy atom. The normalized spacial score (nSPS) is 32.1. The molecule has 1 aromatic carbocycles. The summed E-state index contributed by atoms with van der Waals surface area (Å²) in [5, 5.41) is 10.3. The van der Waals surface area contributed by atoms with Crippen molar-refractivity contribution in [1.29, 1.82) is 0 Å². The van der Waals surface area contributed by atoms with E-state index in [1.807, 2.05) is 12.1 Å². The lowest BCUT2D eigenvalue weighted by molar-refractivity contribution is 0.0173. The van der Waals surface area contributed by atoms with Gasteiger partial charge in [-0.1, -0.05) is 50.5 Å². The van der Waals surface area contributed by atoms with Gasteiger partial charge in [-0.3, -0.25) is 0 Å². The third kappa shape index (κ3) is 3.34. The summed E-state index contributed by atoms with van der Waals surface area (Å²) >= 11 is 0. The molecule has 2 fully saturated rings. The molecule has 0 aromatic heterocycles. The maximum atomic E-state index is 12.2. The second kappa shape index (κ2) is 6.56. The summed E-state index contributed by atoms with van der Waals surface area (Å²) in [7, 11) is -2.99. The molecule has 128 valence electrons. The summed E-state index contributed by atoms with van der Waals surface area (Å²) in [6, 6.07) is 8.22. The lowest BCUT2D eigenvalue weighted by Gasteiger charge is -2.36. The van der Waals surface area contributed by atoms with E-state index in [2.05, 4.69) is 19.1 Å². The van der Waals surface area contributed by atoms with Crippen LogP contribution in [0.3, 0.4) is 0 Å². The van der Waals surface area contributed by atoms with Crippen LogP contribution in [0.5, 0.6) is 0 Å². The van der Waals surface area contributed by atoms with Gasteiger partial charge >= 0.3 is 0 Å². The number of aliphatic hydroxyl groups is 1. The lowest BCUT2D eigenvalue weighted by Crippen LogP contribution is -2.43. The van der Waals surface area contributed by atoms with Crippen LogP contribution in [-0.4, -0.2) is 24.0 Å². The molecule has 2 atom stereocenters. The van der Waals surface area contributed by atoms with Crippen LogP contribution in [0.25, 0.3) is 0 Å². The number of unbranched alkanes of at least 4 members (excludes halogenated alkanes) is 3. The van der Waals surface area contributed by atoms with E-state index in [0.29, 0.717) is 25.7 Å². The molecular formula is C19H28O3S. The van der Waals surface area contributed by atoms with Crippen molar-refractivity contribution >= 4 is 9.84 Å². The first-order chi connectivity index (χ1) is 11.0. The van der Waals surface area contributed by atoms with Gasteiger partial charge in [0.05, 0.1) is 16.1 Å². The van der Waals surface area contributed by atoms with Crippen molar-refractivity contribution in [3.63, 3.8) is 0 Å². The molecule has 1 aromatic rings. The van der Waals surface area contributed by atoms with Gasteiger partial charge < -0.3 is 5.11 Å². The van der Waals surface area contributed by atoms with E-state index in [1.54, 1.807) is 0 Å². The van der Waals surface area contributed by atoms with E-state index >= 15 is 0 Å². The van der Waals surface area contributed by atoms with Gasteiger partial charge in [0.1, 0.15) is 0 Å². The van der Waals surface area contributed by atoms with E-state index in [1.165, 1.54) is 31.2 Å². The van der Waals surface area contributed by atoms with Crippen molar-refractivity contribution < 1.29 is 13.5 Å². The fourth-order valence-electron chi connectivity index (χ4n) is 4.22. The molecule has 0 amide bonds. The Hall–Kier alpha value is -0.870. The average molecular weight is 336 g/mol. The molecule has 0 radical (unpaired) electrons. The molecule has 3 nitrogen and oxygen atoms in total. The zero-order valence-corrected chi connectivity index (χ0v) is 14.8. The second-order valence-corrected chi connectivity index (χ2v) is 9.87. The molecule has 2 saturated heterocycles. The predicted octanol–water partition coefficient (Wildman–Crippen LogP) is 3.74. The Balaban J connectivity index is 1.68. The minimum atomic E-state index is -2.99. The highest BCUT2D eigenvalue weighted by atomic mass is 32.2. The van der Waals surface area contributed by atoms with Gasteiger partial charge in [-0.2, -0.15) is 0 Å². The molecule has 2 aliphatic rings. The minimum Gasteiger partial charge on any atom is -0.385 e. The van der Waals surface area contributed by atoms with Crippen molar-refractivity contribution in [3.05, 3.63) is 35.4 Å². The van der Waals surface area contributed by atoms with Crippen LogP contribution >= 0.6 is 0 Å². The van der Waals surface area contributed by atoms with Gasteiger partial charge in [0, 0.05) is 0 Å². The Bertz CT molecular complexity index is 613. The predicted molar refractivity (Wildman–Crippen MR) is 93.1 cm³/mol. The van der Waals surface area contributed by atoms with Gasteiger partial charge in [-0.25, -0.2) is 8.42 Å². The molecule has 2 bridgehead atoms. The monoisotopic (exact) mass is 336 g/mol. The fraction of sp³-hybridized carbons (Fsp3) is 0.684. The number of hydrogen-bond acceptors (Lipinski definition) is 3. The first-order valence-electron chi connectivity index (χ1n) is 9.00. The van der Waals surface area contributed by atoms with Crippen LogP contribution in [0.2, 0.25) is 0 Å². The SMILES string of the molecule is CCCCCCc1ccc(C2(O)CC3CCC(C2)S3(=O)=O)cc1. The van der Waals surface area contributed by atoms with Gasteiger partial charge in [-0.05, 0) is 49.7 Å². The maximum Gasteiger partial charge on any atom is 0.156 e. The first kappa shape index (κ1) is 17.0. The number of hydrogen-bond donors (Lipinski definition) is 1. The van der Waals surface area contributed by atoms with E-state index in [9.17, 15) is 13.5 Å². The molecule has 2 unspecified atom stereocenters. The number of aryl methyl sites for hydroxylation is 1. The number of fused-ring (bicyclic) bond motifs is 2. The van der Waals surface area contributed by atoms with E-state index < -0.39 is 15.4 Å². The van der Waals surface area contributed by atoms with E-state index in [4.69, 9.17) is 0 Å². The Morgan fingerprint density at radius 1 is 1.04 bits per heavy atom. The molecule has 23 heavy (non-hydrogen) atoms. The van der Waals surface area contributed by atoms with Crippen molar-refractivity contribution in [2.45, 2.75) is 80.8 Å². The minimum absolute atomic E-state index is 0.347. The van der Waals surface area contributed by atoms with Crippen molar-refractivity contribution in [1.82, 2.24) is 0 Å². The standard InChI is InChI=1S/C19H28O3S/c1-2-3-4-5-6-15-7-9-16(10-8-15)19(20)13-17-11-12-18(14-19)23(17,21)22/h7-10,17-18,20H,2-6,11-14H2,1H3. The summed E-state index contributed by atoms with van der Waals surface area (Å²) in [5.74, 6) is 0. The fourth-order valence-corrected chi connectivity index (χ4v) is 6.71. The second-order valence-electron chi connectivity index (χ2n) is 7.36. The third-order valence-corrected chi connectivity index (χ3v) is 8.34. The highest BCUT2D eigenvalue weighted by molar-refractivity contribution is 7.93. The van der Waals surface area contributed by atoms with Crippen LogP contribution in [-0.2, 0) is 21.9 Å². The number of sulfone groups is 1. The highest BCUT2D eigenvalue weighted by Crippen LogP contribution is 2.47. The van der Waals surface area contributed by atoms with E-state index in [0.717, 1.165) is 12.0 Å². The molecule has 0 spiro atoms. The van der Waals surface area contributed by atoms with Crippen LogP contribution in [0.4, 0.5) is 0 Å². The summed E-state index contributed by atoms with van der Waals surface area (Å²) < 4.78 is 24.4. The van der Waals surface area contributed by atoms with Crippen molar-refractivity contribution in [2.24, 2.45) is 0 Å². The molecule has 2 heterocycles. The molecule has 4 heteroatoms. The Kier molecular flexibility index (Phi) is 4.84. The zero-order valence-electron chi connectivity index (χ0n) is 14.0. The first-order valence-corrected chi connectivity index (χ1v) is 10.6.